The minimum absolute atomic E-state index is 0.0856. The standard InChI is InChI=1S/C21H29NO/c1-5-17-6-8-18(9-7-17)10-22-14-19(2)11-20(3,15-22)13-21(4,12-19)16-23/h1,6-9,23H,10-16H2,2-4H3. The van der Waals surface area contributed by atoms with E-state index in [1.807, 2.05) is 12.1 Å². The molecule has 1 aliphatic carbocycles. The lowest BCUT2D eigenvalue weighted by molar-refractivity contribution is -0.105. The highest BCUT2D eigenvalue weighted by Gasteiger charge is 2.52. The van der Waals surface area contributed by atoms with E-state index in [0.29, 0.717) is 17.4 Å². The number of rotatable bonds is 3. The van der Waals surface area contributed by atoms with Crippen molar-refractivity contribution in [1.29, 1.82) is 0 Å². The van der Waals surface area contributed by atoms with Crippen molar-refractivity contribution in [2.45, 2.75) is 46.6 Å². The van der Waals surface area contributed by atoms with Gasteiger partial charge in [0.25, 0.3) is 0 Å². The van der Waals surface area contributed by atoms with Crippen molar-refractivity contribution < 1.29 is 5.11 Å². The molecule has 23 heavy (non-hydrogen) atoms. The zero-order valence-corrected chi connectivity index (χ0v) is 14.7. The summed E-state index contributed by atoms with van der Waals surface area (Å²) >= 11 is 0. The number of likely N-dealkylation sites (tertiary alicyclic amines) is 1. The third kappa shape index (κ3) is 3.47. The van der Waals surface area contributed by atoms with Gasteiger partial charge in [-0.05, 0) is 53.2 Å². The molecule has 124 valence electrons. The number of aliphatic hydroxyl groups is 1. The number of nitrogens with zero attached hydrogens (tertiary/aromatic N) is 1. The van der Waals surface area contributed by atoms with Crippen molar-refractivity contribution in [1.82, 2.24) is 4.90 Å². The number of aliphatic hydroxyl groups excluding tert-OH is 1. The Balaban J connectivity index is 1.76. The fourth-order valence-corrected chi connectivity index (χ4v) is 5.83. The Kier molecular flexibility index (Phi) is 4.07. The number of hydrogen-bond donors (Lipinski definition) is 1. The molecule has 1 aromatic carbocycles. The first kappa shape index (κ1) is 16.6. The summed E-state index contributed by atoms with van der Waals surface area (Å²) in [6.07, 6.45) is 8.97. The second-order valence-electron chi connectivity index (χ2n) is 9.11. The molecule has 1 N–H and O–H groups in total. The summed E-state index contributed by atoms with van der Waals surface area (Å²) in [5, 5.41) is 9.86. The fraction of sp³-hybridized carbons (Fsp3) is 0.619. The van der Waals surface area contributed by atoms with Gasteiger partial charge in [-0.2, -0.15) is 0 Å². The topological polar surface area (TPSA) is 23.5 Å². The number of fused-ring (bicyclic) bond motifs is 2. The Morgan fingerprint density at radius 1 is 1.04 bits per heavy atom. The van der Waals surface area contributed by atoms with Crippen LogP contribution in [0.2, 0.25) is 0 Å². The molecule has 0 radical (unpaired) electrons. The van der Waals surface area contributed by atoms with Gasteiger partial charge >= 0.3 is 0 Å². The van der Waals surface area contributed by atoms with Crippen molar-refractivity contribution in [2.24, 2.45) is 16.2 Å². The van der Waals surface area contributed by atoms with E-state index in [0.717, 1.165) is 38.0 Å². The van der Waals surface area contributed by atoms with E-state index >= 15 is 0 Å². The summed E-state index contributed by atoms with van der Waals surface area (Å²) in [5.41, 5.74) is 2.98. The van der Waals surface area contributed by atoms with Crippen molar-refractivity contribution in [2.75, 3.05) is 19.7 Å². The van der Waals surface area contributed by atoms with Crippen LogP contribution in [0.15, 0.2) is 24.3 Å². The molecule has 0 spiro atoms. The Hall–Kier alpha value is -1.30. The molecule has 0 aromatic heterocycles. The van der Waals surface area contributed by atoms with Gasteiger partial charge in [-0.1, -0.05) is 38.8 Å². The number of hydrogen-bond acceptors (Lipinski definition) is 2. The molecule has 1 aromatic rings. The minimum Gasteiger partial charge on any atom is -0.396 e. The van der Waals surface area contributed by atoms with E-state index in [-0.39, 0.29) is 5.41 Å². The van der Waals surface area contributed by atoms with Gasteiger partial charge < -0.3 is 5.11 Å². The molecule has 0 amide bonds. The first-order valence-electron chi connectivity index (χ1n) is 8.66. The molecule has 2 bridgehead atoms. The molecule has 2 fully saturated rings. The van der Waals surface area contributed by atoms with Crippen LogP contribution in [-0.2, 0) is 6.54 Å². The highest BCUT2D eigenvalue weighted by atomic mass is 16.3. The van der Waals surface area contributed by atoms with Crippen LogP contribution in [-0.4, -0.2) is 29.7 Å². The first-order chi connectivity index (χ1) is 10.8. The lowest BCUT2D eigenvalue weighted by Gasteiger charge is -2.59. The van der Waals surface area contributed by atoms with Gasteiger partial charge in [0.2, 0.25) is 0 Å². The van der Waals surface area contributed by atoms with Crippen LogP contribution in [0.25, 0.3) is 0 Å². The maximum absolute atomic E-state index is 9.86. The highest BCUT2D eigenvalue weighted by Crippen LogP contribution is 2.57. The lowest BCUT2D eigenvalue weighted by atomic mass is 9.52. The third-order valence-corrected chi connectivity index (χ3v) is 5.68. The quantitative estimate of drug-likeness (QED) is 0.861. The molecule has 2 atom stereocenters. The average Bonchev–Trinajstić information content (AvgIpc) is 2.45. The Labute approximate surface area is 140 Å². The summed E-state index contributed by atoms with van der Waals surface area (Å²) in [7, 11) is 0. The highest BCUT2D eigenvalue weighted by molar-refractivity contribution is 5.34. The second kappa shape index (κ2) is 5.65. The molecule has 1 saturated heterocycles. The SMILES string of the molecule is C#Cc1ccc(CN2CC3(C)CC(C)(CO)CC(C)(C2)C3)cc1. The molecule has 2 aliphatic rings. The van der Waals surface area contributed by atoms with Crippen molar-refractivity contribution in [3.63, 3.8) is 0 Å². The summed E-state index contributed by atoms with van der Waals surface area (Å²) in [6.45, 7) is 10.6. The van der Waals surface area contributed by atoms with Crippen LogP contribution >= 0.6 is 0 Å². The molecule has 2 nitrogen and oxygen atoms in total. The van der Waals surface area contributed by atoms with E-state index in [9.17, 15) is 5.11 Å². The average molecular weight is 311 g/mol. The van der Waals surface area contributed by atoms with Gasteiger partial charge in [0.15, 0.2) is 0 Å². The summed E-state index contributed by atoms with van der Waals surface area (Å²) in [5.74, 6) is 2.68. The number of piperidine rings is 1. The van der Waals surface area contributed by atoms with Crippen molar-refractivity contribution in [3.05, 3.63) is 35.4 Å². The normalized spacial score (nSPS) is 37.3. The van der Waals surface area contributed by atoms with E-state index in [4.69, 9.17) is 6.42 Å². The van der Waals surface area contributed by atoms with Crippen molar-refractivity contribution in [3.8, 4) is 12.3 Å². The van der Waals surface area contributed by atoms with Crippen LogP contribution in [0.3, 0.4) is 0 Å². The van der Waals surface area contributed by atoms with Crippen molar-refractivity contribution >= 4 is 0 Å². The smallest absolute Gasteiger partial charge is 0.0485 e. The molecular weight excluding hydrogens is 282 g/mol. The molecule has 3 rings (SSSR count). The van der Waals surface area contributed by atoms with Gasteiger partial charge in [-0.15, -0.1) is 6.42 Å². The number of terminal acetylenes is 1. The monoisotopic (exact) mass is 311 g/mol. The predicted octanol–water partition coefficient (Wildman–Crippen LogP) is 3.68. The lowest BCUT2D eigenvalue weighted by Crippen LogP contribution is -2.57. The maximum Gasteiger partial charge on any atom is 0.0485 e. The largest absolute Gasteiger partial charge is 0.396 e. The predicted molar refractivity (Wildman–Crippen MR) is 94.9 cm³/mol. The zero-order valence-electron chi connectivity index (χ0n) is 14.7. The first-order valence-corrected chi connectivity index (χ1v) is 8.66. The molecule has 2 heteroatoms. The van der Waals surface area contributed by atoms with Gasteiger partial charge in [0, 0.05) is 31.8 Å². The Morgan fingerprint density at radius 3 is 2.09 bits per heavy atom. The zero-order chi connectivity index (χ0) is 16.7. The van der Waals surface area contributed by atoms with E-state index in [1.165, 1.54) is 12.0 Å². The van der Waals surface area contributed by atoms with Crippen LogP contribution in [0.4, 0.5) is 0 Å². The Morgan fingerprint density at radius 2 is 1.61 bits per heavy atom. The van der Waals surface area contributed by atoms with Crippen LogP contribution in [0, 0.1) is 28.6 Å². The summed E-state index contributed by atoms with van der Waals surface area (Å²) < 4.78 is 0. The summed E-state index contributed by atoms with van der Waals surface area (Å²) in [6, 6.07) is 8.38. The maximum atomic E-state index is 9.86. The van der Waals surface area contributed by atoms with Gasteiger partial charge in [-0.3, -0.25) is 4.90 Å². The van der Waals surface area contributed by atoms with Crippen LogP contribution in [0.1, 0.15) is 51.2 Å². The van der Waals surface area contributed by atoms with Crippen LogP contribution in [0.5, 0.6) is 0 Å². The molecule has 1 saturated carbocycles. The third-order valence-electron chi connectivity index (χ3n) is 5.68. The van der Waals surface area contributed by atoms with Gasteiger partial charge in [0.05, 0.1) is 0 Å². The second-order valence-corrected chi connectivity index (χ2v) is 9.11. The molecule has 1 aliphatic heterocycles. The molecule has 1 heterocycles. The van der Waals surface area contributed by atoms with E-state index in [1.54, 1.807) is 0 Å². The number of benzene rings is 1. The van der Waals surface area contributed by atoms with E-state index < -0.39 is 0 Å². The van der Waals surface area contributed by atoms with E-state index in [2.05, 4.69) is 43.7 Å². The Bertz CT molecular complexity index is 594. The fourth-order valence-electron chi connectivity index (χ4n) is 5.83. The van der Waals surface area contributed by atoms with Gasteiger partial charge in [0.1, 0.15) is 0 Å². The van der Waals surface area contributed by atoms with Crippen LogP contribution < -0.4 is 0 Å². The molecular formula is C21H29NO. The van der Waals surface area contributed by atoms with Gasteiger partial charge in [-0.25, -0.2) is 0 Å². The minimum atomic E-state index is 0.0856. The summed E-state index contributed by atoms with van der Waals surface area (Å²) in [4.78, 5) is 2.60. The molecule has 2 unspecified atom stereocenters.